The SMILES string of the molecule is C#CCOC(=O)Nc1cccc(Cl)c1. The van der Waals surface area contributed by atoms with Gasteiger partial charge >= 0.3 is 6.09 Å². The molecule has 0 heterocycles. The van der Waals surface area contributed by atoms with Gasteiger partial charge in [-0.3, -0.25) is 5.32 Å². The molecule has 1 amide bonds. The molecule has 0 atom stereocenters. The maximum atomic E-state index is 11.0. The molecule has 0 spiro atoms. The van der Waals surface area contributed by atoms with Crippen LogP contribution in [-0.4, -0.2) is 12.7 Å². The van der Waals surface area contributed by atoms with Crippen molar-refractivity contribution >= 4 is 23.4 Å². The number of rotatable bonds is 2. The number of benzene rings is 1. The van der Waals surface area contributed by atoms with Gasteiger partial charge in [-0.25, -0.2) is 4.79 Å². The standard InChI is InChI=1S/C10H8ClNO2/c1-2-6-14-10(13)12-9-5-3-4-8(11)7-9/h1,3-5,7H,6H2,(H,12,13). The lowest BCUT2D eigenvalue weighted by Crippen LogP contribution is -2.13. The Kier molecular flexibility index (Phi) is 3.84. The number of hydrogen-bond acceptors (Lipinski definition) is 2. The Morgan fingerprint density at radius 3 is 3.07 bits per heavy atom. The van der Waals surface area contributed by atoms with Crippen molar-refractivity contribution < 1.29 is 9.53 Å². The van der Waals surface area contributed by atoms with E-state index in [0.29, 0.717) is 10.7 Å². The number of amides is 1. The maximum absolute atomic E-state index is 11.0. The van der Waals surface area contributed by atoms with Crippen LogP contribution in [0.5, 0.6) is 0 Å². The van der Waals surface area contributed by atoms with E-state index in [1.807, 2.05) is 0 Å². The summed E-state index contributed by atoms with van der Waals surface area (Å²) in [5, 5.41) is 3.02. The minimum absolute atomic E-state index is 0.0492. The van der Waals surface area contributed by atoms with Crippen LogP contribution in [0.3, 0.4) is 0 Å². The maximum Gasteiger partial charge on any atom is 0.412 e. The molecule has 0 unspecified atom stereocenters. The highest BCUT2D eigenvalue weighted by molar-refractivity contribution is 6.30. The predicted molar refractivity (Wildman–Crippen MR) is 55.3 cm³/mol. The molecule has 0 aromatic heterocycles. The summed E-state index contributed by atoms with van der Waals surface area (Å²) in [4.78, 5) is 11.0. The number of hydrogen-bond donors (Lipinski definition) is 1. The Bertz CT molecular complexity index is 371. The van der Waals surface area contributed by atoms with Crippen molar-refractivity contribution in [3.63, 3.8) is 0 Å². The van der Waals surface area contributed by atoms with Gasteiger partial charge in [0.05, 0.1) is 0 Å². The zero-order chi connectivity index (χ0) is 10.4. The Labute approximate surface area is 87.0 Å². The van der Waals surface area contributed by atoms with Gasteiger partial charge in [0.1, 0.15) is 0 Å². The van der Waals surface area contributed by atoms with E-state index in [2.05, 4.69) is 16.0 Å². The number of anilines is 1. The van der Waals surface area contributed by atoms with Crippen LogP contribution in [0.4, 0.5) is 10.5 Å². The molecule has 0 aliphatic heterocycles. The van der Waals surface area contributed by atoms with Crippen LogP contribution in [0.25, 0.3) is 0 Å². The molecule has 4 heteroatoms. The van der Waals surface area contributed by atoms with Crippen molar-refractivity contribution in [3.05, 3.63) is 29.3 Å². The third-order valence-corrected chi connectivity index (χ3v) is 1.59. The molecule has 0 aliphatic carbocycles. The minimum Gasteiger partial charge on any atom is -0.436 e. The fraction of sp³-hybridized carbons (Fsp3) is 0.100. The Hall–Kier alpha value is -1.66. The van der Waals surface area contributed by atoms with Crippen molar-refractivity contribution in [1.29, 1.82) is 0 Å². The van der Waals surface area contributed by atoms with Gasteiger partial charge in [0, 0.05) is 10.7 Å². The normalized spacial score (nSPS) is 8.86. The Balaban J connectivity index is 2.53. The first-order valence-corrected chi connectivity index (χ1v) is 4.23. The lowest BCUT2D eigenvalue weighted by Gasteiger charge is -2.04. The van der Waals surface area contributed by atoms with Gasteiger partial charge in [-0.1, -0.05) is 23.6 Å². The second-order valence-electron chi connectivity index (χ2n) is 2.42. The van der Waals surface area contributed by atoms with E-state index >= 15 is 0 Å². The van der Waals surface area contributed by atoms with Crippen molar-refractivity contribution in [2.45, 2.75) is 0 Å². The van der Waals surface area contributed by atoms with Crippen LogP contribution in [0.15, 0.2) is 24.3 Å². The number of ether oxygens (including phenoxy) is 1. The monoisotopic (exact) mass is 209 g/mol. The first kappa shape index (κ1) is 10.4. The Morgan fingerprint density at radius 2 is 2.43 bits per heavy atom. The number of halogens is 1. The van der Waals surface area contributed by atoms with Crippen molar-refractivity contribution in [2.75, 3.05) is 11.9 Å². The van der Waals surface area contributed by atoms with Crippen LogP contribution in [0.1, 0.15) is 0 Å². The largest absolute Gasteiger partial charge is 0.436 e. The predicted octanol–water partition coefficient (Wildman–Crippen LogP) is 2.52. The molecule has 14 heavy (non-hydrogen) atoms. The van der Waals surface area contributed by atoms with Gasteiger partial charge in [0.2, 0.25) is 0 Å². The highest BCUT2D eigenvalue weighted by atomic mass is 35.5. The molecular formula is C10H8ClNO2. The van der Waals surface area contributed by atoms with Gasteiger partial charge in [0.15, 0.2) is 6.61 Å². The molecule has 72 valence electrons. The van der Waals surface area contributed by atoms with E-state index in [9.17, 15) is 4.79 Å². The van der Waals surface area contributed by atoms with Gasteiger partial charge in [-0.2, -0.15) is 0 Å². The van der Waals surface area contributed by atoms with E-state index in [0.717, 1.165) is 0 Å². The molecule has 0 fully saturated rings. The summed E-state index contributed by atoms with van der Waals surface area (Å²) in [5.41, 5.74) is 0.569. The van der Waals surface area contributed by atoms with Gasteiger partial charge in [-0.05, 0) is 18.2 Å². The molecule has 1 N–H and O–H groups in total. The van der Waals surface area contributed by atoms with Gasteiger partial charge < -0.3 is 4.74 Å². The summed E-state index contributed by atoms with van der Waals surface area (Å²) in [5.74, 6) is 2.19. The third-order valence-electron chi connectivity index (χ3n) is 1.36. The molecule has 0 saturated carbocycles. The molecule has 0 aliphatic rings. The summed E-state index contributed by atoms with van der Waals surface area (Å²) < 4.78 is 4.61. The second-order valence-corrected chi connectivity index (χ2v) is 2.85. The highest BCUT2D eigenvalue weighted by Crippen LogP contribution is 2.14. The van der Waals surface area contributed by atoms with Crippen molar-refractivity contribution in [1.82, 2.24) is 0 Å². The molecule has 3 nitrogen and oxygen atoms in total. The summed E-state index contributed by atoms with van der Waals surface area (Å²) in [6.45, 7) is -0.0492. The fourth-order valence-corrected chi connectivity index (χ4v) is 1.02. The van der Waals surface area contributed by atoms with Crippen LogP contribution in [0, 0.1) is 12.3 Å². The molecule has 0 saturated heterocycles. The molecule has 1 rings (SSSR count). The van der Waals surface area contributed by atoms with Crippen molar-refractivity contribution in [3.8, 4) is 12.3 Å². The van der Waals surface area contributed by atoms with Crippen LogP contribution in [-0.2, 0) is 4.74 Å². The lowest BCUT2D eigenvalue weighted by molar-refractivity contribution is 0.176. The first-order valence-electron chi connectivity index (χ1n) is 3.85. The lowest BCUT2D eigenvalue weighted by atomic mass is 10.3. The topological polar surface area (TPSA) is 38.3 Å². The summed E-state index contributed by atoms with van der Waals surface area (Å²) in [6.07, 6.45) is 4.33. The summed E-state index contributed by atoms with van der Waals surface area (Å²) >= 11 is 5.71. The summed E-state index contributed by atoms with van der Waals surface area (Å²) in [7, 11) is 0. The van der Waals surface area contributed by atoms with E-state index in [1.165, 1.54) is 0 Å². The molecule has 0 radical (unpaired) electrons. The average molecular weight is 210 g/mol. The smallest absolute Gasteiger partial charge is 0.412 e. The molecule has 0 bridgehead atoms. The second kappa shape index (κ2) is 5.15. The molecular weight excluding hydrogens is 202 g/mol. The Morgan fingerprint density at radius 1 is 1.64 bits per heavy atom. The average Bonchev–Trinajstić information content (AvgIpc) is 2.15. The molecule has 1 aromatic rings. The van der Waals surface area contributed by atoms with Crippen LogP contribution < -0.4 is 5.32 Å². The fourth-order valence-electron chi connectivity index (χ4n) is 0.827. The third kappa shape index (κ3) is 3.38. The van der Waals surface area contributed by atoms with E-state index in [4.69, 9.17) is 18.0 Å². The van der Waals surface area contributed by atoms with Gasteiger partial charge in [-0.15, -0.1) is 6.42 Å². The number of carbonyl (C=O) groups is 1. The first-order chi connectivity index (χ1) is 6.72. The van der Waals surface area contributed by atoms with Crippen molar-refractivity contribution in [2.24, 2.45) is 0 Å². The number of terminal acetylenes is 1. The van der Waals surface area contributed by atoms with Gasteiger partial charge in [0.25, 0.3) is 0 Å². The summed E-state index contributed by atoms with van der Waals surface area (Å²) in [6, 6.07) is 6.74. The van der Waals surface area contributed by atoms with E-state index < -0.39 is 6.09 Å². The van der Waals surface area contributed by atoms with Crippen LogP contribution in [0.2, 0.25) is 5.02 Å². The van der Waals surface area contributed by atoms with E-state index in [1.54, 1.807) is 24.3 Å². The number of carbonyl (C=O) groups excluding carboxylic acids is 1. The van der Waals surface area contributed by atoms with Crippen LogP contribution >= 0.6 is 11.6 Å². The highest BCUT2D eigenvalue weighted by Gasteiger charge is 2.01. The molecule has 1 aromatic carbocycles. The number of nitrogens with one attached hydrogen (secondary N) is 1. The zero-order valence-electron chi connectivity index (χ0n) is 7.29. The van der Waals surface area contributed by atoms with E-state index in [-0.39, 0.29) is 6.61 Å². The minimum atomic E-state index is -0.592. The quantitative estimate of drug-likeness (QED) is 0.761. The zero-order valence-corrected chi connectivity index (χ0v) is 8.04.